The number of hydrogen-bond acceptors (Lipinski definition) is 3. The van der Waals surface area contributed by atoms with Gasteiger partial charge in [-0.1, -0.05) is 48.4 Å². The van der Waals surface area contributed by atoms with Crippen LogP contribution in [0.5, 0.6) is 0 Å². The van der Waals surface area contributed by atoms with Crippen molar-refractivity contribution in [1.29, 1.82) is 0 Å². The molecule has 1 saturated heterocycles. The van der Waals surface area contributed by atoms with Gasteiger partial charge in [0, 0.05) is 23.4 Å². The standard InChI is InChI=1S/C25H22N2O3S/c1-2-20-11-6-13-23(17-20)26(19-21-9-4-3-5-10-21)25(28)22-12-7-14-24(18-22)27-15-8-16-31(27,29)30/h1,3-7,9-14,17-18H,8,15-16,19H2. The summed E-state index contributed by atoms with van der Waals surface area (Å²) in [5, 5.41) is 0. The van der Waals surface area contributed by atoms with Crippen molar-refractivity contribution in [2.24, 2.45) is 0 Å². The Labute approximate surface area is 183 Å². The number of sulfonamides is 1. The summed E-state index contributed by atoms with van der Waals surface area (Å²) >= 11 is 0. The molecule has 1 aliphatic rings. The largest absolute Gasteiger partial charge is 0.304 e. The summed E-state index contributed by atoms with van der Waals surface area (Å²) in [6.45, 7) is 0.790. The van der Waals surface area contributed by atoms with Gasteiger partial charge >= 0.3 is 0 Å². The van der Waals surface area contributed by atoms with Crippen molar-refractivity contribution in [1.82, 2.24) is 0 Å². The molecule has 0 N–H and O–H groups in total. The summed E-state index contributed by atoms with van der Waals surface area (Å²) < 4.78 is 26.0. The molecule has 0 bridgehead atoms. The van der Waals surface area contributed by atoms with Gasteiger partial charge in [-0.2, -0.15) is 0 Å². The first kappa shape index (κ1) is 20.7. The molecular weight excluding hydrogens is 408 g/mol. The molecule has 3 aromatic rings. The summed E-state index contributed by atoms with van der Waals surface area (Å²) in [4.78, 5) is 15.2. The molecule has 0 saturated carbocycles. The third kappa shape index (κ3) is 4.47. The summed E-state index contributed by atoms with van der Waals surface area (Å²) in [6, 6.07) is 23.8. The molecule has 156 valence electrons. The van der Waals surface area contributed by atoms with Crippen molar-refractivity contribution in [3.8, 4) is 12.3 Å². The highest BCUT2D eigenvalue weighted by molar-refractivity contribution is 7.93. The molecule has 0 aliphatic carbocycles. The summed E-state index contributed by atoms with van der Waals surface area (Å²) in [6.07, 6.45) is 6.14. The van der Waals surface area contributed by atoms with Gasteiger partial charge in [-0.3, -0.25) is 9.10 Å². The molecule has 0 unspecified atom stereocenters. The zero-order valence-corrected chi connectivity index (χ0v) is 17.8. The van der Waals surface area contributed by atoms with E-state index in [2.05, 4.69) is 5.92 Å². The van der Waals surface area contributed by atoms with Crippen LogP contribution in [0.3, 0.4) is 0 Å². The fraction of sp³-hybridized carbons (Fsp3) is 0.160. The Morgan fingerprint density at radius 3 is 2.48 bits per heavy atom. The normalized spacial score (nSPS) is 14.7. The molecule has 1 fully saturated rings. The maximum absolute atomic E-state index is 13.6. The van der Waals surface area contributed by atoms with E-state index in [-0.39, 0.29) is 11.7 Å². The van der Waals surface area contributed by atoms with Crippen molar-refractivity contribution < 1.29 is 13.2 Å². The molecule has 31 heavy (non-hydrogen) atoms. The predicted molar refractivity (Wildman–Crippen MR) is 124 cm³/mol. The van der Waals surface area contributed by atoms with E-state index in [4.69, 9.17) is 6.42 Å². The number of amides is 1. The number of rotatable bonds is 5. The van der Waals surface area contributed by atoms with E-state index in [1.165, 1.54) is 4.31 Å². The number of carbonyl (C=O) groups excluding carboxylic acids is 1. The van der Waals surface area contributed by atoms with Crippen LogP contribution in [0.4, 0.5) is 11.4 Å². The van der Waals surface area contributed by atoms with Crippen LogP contribution >= 0.6 is 0 Å². The third-order valence-electron chi connectivity index (χ3n) is 5.23. The highest BCUT2D eigenvalue weighted by Gasteiger charge is 2.29. The summed E-state index contributed by atoms with van der Waals surface area (Å²) in [5.74, 6) is 2.51. The van der Waals surface area contributed by atoms with Gasteiger partial charge in [-0.15, -0.1) is 6.42 Å². The minimum atomic E-state index is -3.33. The maximum atomic E-state index is 13.6. The van der Waals surface area contributed by atoms with Crippen molar-refractivity contribution in [3.05, 3.63) is 95.6 Å². The average molecular weight is 431 g/mol. The van der Waals surface area contributed by atoms with Gasteiger partial charge < -0.3 is 4.90 Å². The van der Waals surface area contributed by atoms with Gasteiger partial charge in [-0.05, 0) is 48.4 Å². The monoisotopic (exact) mass is 430 g/mol. The fourth-order valence-electron chi connectivity index (χ4n) is 3.69. The minimum Gasteiger partial charge on any atom is -0.304 e. The number of anilines is 2. The second-order valence-corrected chi connectivity index (χ2v) is 9.38. The van der Waals surface area contributed by atoms with Crippen molar-refractivity contribution >= 4 is 27.3 Å². The molecule has 0 spiro atoms. The quantitative estimate of drug-likeness (QED) is 0.574. The van der Waals surface area contributed by atoms with Crippen LogP contribution in [-0.2, 0) is 16.6 Å². The zero-order chi connectivity index (χ0) is 21.8. The van der Waals surface area contributed by atoms with Gasteiger partial charge in [0.05, 0.1) is 18.0 Å². The molecule has 1 amide bonds. The van der Waals surface area contributed by atoms with Gasteiger partial charge in [0.25, 0.3) is 5.91 Å². The molecule has 0 aromatic heterocycles. The molecule has 5 nitrogen and oxygen atoms in total. The Kier molecular flexibility index (Phi) is 5.79. The van der Waals surface area contributed by atoms with Crippen LogP contribution in [-0.4, -0.2) is 26.6 Å². The van der Waals surface area contributed by atoms with Crippen molar-refractivity contribution in [3.63, 3.8) is 0 Å². The predicted octanol–water partition coefficient (Wildman–Crippen LogP) is 4.05. The van der Waals surface area contributed by atoms with E-state index in [1.807, 2.05) is 48.5 Å². The molecule has 1 aliphatic heterocycles. The lowest BCUT2D eigenvalue weighted by atomic mass is 10.1. The van der Waals surface area contributed by atoms with Gasteiger partial charge in [0.15, 0.2) is 0 Å². The summed E-state index contributed by atoms with van der Waals surface area (Å²) in [5.41, 5.74) is 3.27. The van der Waals surface area contributed by atoms with E-state index >= 15 is 0 Å². The lowest BCUT2D eigenvalue weighted by molar-refractivity contribution is 0.0985. The lowest BCUT2D eigenvalue weighted by Gasteiger charge is -2.24. The molecule has 1 heterocycles. The van der Waals surface area contributed by atoms with Crippen LogP contribution in [0.25, 0.3) is 0 Å². The van der Waals surface area contributed by atoms with Crippen LogP contribution in [0.1, 0.15) is 27.9 Å². The lowest BCUT2D eigenvalue weighted by Crippen LogP contribution is -2.31. The molecule has 3 aromatic carbocycles. The Morgan fingerprint density at radius 1 is 1.00 bits per heavy atom. The van der Waals surface area contributed by atoms with Gasteiger partial charge in [-0.25, -0.2) is 8.42 Å². The van der Waals surface area contributed by atoms with Gasteiger partial charge in [0.2, 0.25) is 10.0 Å². The molecule has 4 rings (SSSR count). The number of terminal acetylenes is 1. The molecule has 0 atom stereocenters. The highest BCUT2D eigenvalue weighted by Crippen LogP contribution is 2.27. The average Bonchev–Trinajstić information content (AvgIpc) is 3.16. The fourth-order valence-corrected chi connectivity index (χ4v) is 5.25. The number of benzene rings is 3. The second kappa shape index (κ2) is 8.66. The number of nitrogens with zero attached hydrogens (tertiary/aromatic N) is 2. The molecule has 6 heteroatoms. The Bertz CT molecular complexity index is 1250. The zero-order valence-electron chi connectivity index (χ0n) is 16.9. The molecule has 0 radical (unpaired) electrons. The second-order valence-electron chi connectivity index (χ2n) is 7.36. The first-order valence-electron chi connectivity index (χ1n) is 10.0. The van der Waals surface area contributed by atoms with Gasteiger partial charge in [0.1, 0.15) is 0 Å². The van der Waals surface area contributed by atoms with Crippen LogP contribution in [0.15, 0.2) is 78.9 Å². The number of hydrogen-bond donors (Lipinski definition) is 0. The Balaban J connectivity index is 1.72. The number of carbonyl (C=O) groups is 1. The maximum Gasteiger partial charge on any atom is 0.258 e. The minimum absolute atomic E-state index is 0.129. The molecular formula is C25H22N2O3S. The van der Waals surface area contributed by atoms with E-state index < -0.39 is 10.0 Å². The first-order valence-corrected chi connectivity index (χ1v) is 11.6. The smallest absolute Gasteiger partial charge is 0.258 e. The van der Waals surface area contributed by atoms with Crippen LogP contribution < -0.4 is 9.21 Å². The van der Waals surface area contributed by atoms with E-state index in [0.717, 1.165) is 5.56 Å². The highest BCUT2D eigenvalue weighted by atomic mass is 32.2. The van der Waals surface area contributed by atoms with E-state index in [1.54, 1.807) is 35.2 Å². The van der Waals surface area contributed by atoms with E-state index in [0.29, 0.717) is 42.0 Å². The van der Waals surface area contributed by atoms with Crippen molar-refractivity contribution in [2.75, 3.05) is 21.5 Å². The Morgan fingerprint density at radius 2 is 1.77 bits per heavy atom. The Hall–Kier alpha value is -3.56. The SMILES string of the molecule is C#Cc1cccc(N(Cc2ccccc2)C(=O)c2cccc(N3CCCS3(=O)=O)c2)c1. The topological polar surface area (TPSA) is 57.7 Å². The van der Waals surface area contributed by atoms with Crippen molar-refractivity contribution in [2.45, 2.75) is 13.0 Å². The van der Waals surface area contributed by atoms with Crippen LogP contribution in [0, 0.1) is 12.3 Å². The first-order chi connectivity index (χ1) is 15.0. The van der Waals surface area contributed by atoms with E-state index in [9.17, 15) is 13.2 Å². The summed E-state index contributed by atoms with van der Waals surface area (Å²) in [7, 11) is -3.33. The van der Waals surface area contributed by atoms with Crippen LogP contribution in [0.2, 0.25) is 0 Å². The third-order valence-corrected chi connectivity index (χ3v) is 7.10.